The molecule has 2 heterocycles. The van der Waals surface area contributed by atoms with Gasteiger partial charge in [-0.1, -0.05) is 18.2 Å². The summed E-state index contributed by atoms with van der Waals surface area (Å²) in [6.07, 6.45) is 3.11. The highest BCUT2D eigenvalue weighted by Gasteiger charge is 2.22. The van der Waals surface area contributed by atoms with E-state index < -0.39 is 0 Å². The van der Waals surface area contributed by atoms with Gasteiger partial charge in [-0.2, -0.15) is 0 Å². The first kappa shape index (κ1) is 11.8. The molecular weight excluding hydrogens is 244 g/mol. The first-order valence-corrected chi connectivity index (χ1v) is 7.05. The molecule has 1 N–H and O–H groups in total. The first-order valence-electron chi connectivity index (χ1n) is 6.17. The lowest BCUT2D eigenvalue weighted by atomic mass is 9.92. The highest BCUT2D eigenvalue weighted by molar-refractivity contribution is 7.13. The van der Waals surface area contributed by atoms with Gasteiger partial charge in [0.15, 0.2) is 0 Å². The lowest BCUT2D eigenvalue weighted by Crippen LogP contribution is -2.25. The second-order valence-corrected chi connectivity index (χ2v) is 5.29. The summed E-state index contributed by atoms with van der Waals surface area (Å²) in [5.74, 6) is 0. The molecule has 3 rings (SSSR count). The third-order valence-corrected chi connectivity index (χ3v) is 4.12. The second kappa shape index (κ2) is 5.18. The summed E-state index contributed by atoms with van der Waals surface area (Å²) in [6.45, 7) is 1.66. The Labute approximate surface area is 111 Å². The summed E-state index contributed by atoms with van der Waals surface area (Å²) >= 11 is 1.70. The van der Waals surface area contributed by atoms with Crippen LogP contribution in [0, 0.1) is 0 Å². The first-order chi connectivity index (χ1) is 8.90. The van der Waals surface area contributed by atoms with Gasteiger partial charge in [0.1, 0.15) is 0 Å². The highest BCUT2D eigenvalue weighted by Crippen LogP contribution is 2.35. The van der Waals surface area contributed by atoms with Gasteiger partial charge in [-0.3, -0.25) is 4.98 Å². The van der Waals surface area contributed by atoms with E-state index in [-0.39, 0.29) is 6.10 Å². The van der Waals surface area contributed by atoms with Crippen molar-refractivity contribution in [1.82, 2.24) is 10.3 Å². The van der Waals surface area contributed by atoms with Gasteiger partial charge in [0.2, 0.25) is 0 Å². The normalized spacial score (nSPS) is 18.6. The third-order valence-electron chi connectivity index (χ3n) is 3.32. The molecule has 3 nitrogen and oxygen atoms in total. The number of ether oxygens (including phenoxy) is 1. The zero-order chi connectivity index (χ0) is 12.4. The Bertz CT molecular complexity index is 525. The molecule has 0 bridgehead atoms. The van der Waals surface area contributed by atoms with Crippen LogP contribution in [0.25, 0.3) is 10.4 Å². The molecule has 0 unspecified atom stereocenters. The number of nitrogens with zero attached hydrogens (tertiary/aromatic N) is 1. The van der Waals surface area contributed by atoms with Gasteiger partial charge in [-0.15, -0.1) is 11.3 Å². The highest BCUT2D eigenvalue weighted by atomic mass is 32.1. The van der Waals surface area contributed by atoms with Crippen LogP contribution in [0.15, 0.2) is 29.9 Å². The van der Waals surface area contributed by atoms with Crippen LogP contribution in [-0.2, 0) is 11.2 Å². The van der Waals surface area contributed by atoms with Crippen LogP contribution < -0.4 is 5.32 Å². The van der Waals surface area contributed by atoms with E-state index in [0.717, 1.165) is 19.6 Å². The zero-order valence-electron chi connectivity index (χ0n) is 10.3. The standard InChI is InChI=1S/C14H16N2OS/c1-15-7-13-11-3-2-4-12(10(11)5-6-17-13)14-8-16-9-18-14/h2-4,8-9,13,15H,5-7H2,1H3/t13-/m1/s1. The van der Waals surface area contributed by atoms with E-state index in [1.165, 1.54) is 21.6 Å². The van der Waals surface area contributed by atoms with Gasteiger partial charge in [0.25, 0.3) is 0 Å². The van der Waals surface area contributed by atoms with E-state index in [1.54, 1.807) is 11.3 Å². The molecule has 0 amide bonds. The molecule has 1 aromatic heterocycles. The quantitative estimate of drug-likeness (QED) is 0.921. The molecule has 0 fully saturated rings. The van der Waals surface area contributed by atoms with Crippen molar-refractivity contribution in [2.45, 2.75) is 12.5 Å². The van der Waals surface area contributed by atoms with Crippen LogP contribution in [0.1, 0.15) is 17.2 Å². The van der Waals surface area contributed by atoms with Gasteiger partial charge in [0, 0.05) is 12.7 Å². The third kappa shape index (κ3) is 2.07. The van der Waals surface area contributed by atoms with Crippen LogP contribution in [0.3, 0.4) is 0 Å². The Hall–Kier alpha value is -1.23. The molecule has 0 aliphatic carbocycles. The van der Waals surface area contributed by atoms with Crippen molar-refractivity contribution in [3.63, 3.8) is 0 Å². The van der Waals surface area contributed by atoms with Crippen molar-refractivity contribution in [3.8, 4) is 10.4 Å². The maximum atomic E-state index is 5.84. The molecule has 0 radical (unpaired) electrons. The molecule has 1 aliphatic rings. The van der Waals surface area contributed by atoms with Gasteiger partial charge < -0.3 is 10.1 Å². The Kier molecular flexibility index (Phi) is 3.41. The molecule has 2 aromatic rings. The Morgan fingerprint density at radius 3 is 3.22 bits per heavy atom. The van der Waals surface area contributed by atoms with Crippen LogP contribution in [0.5, 0.6) is 0 Å². The summed E-state index contributed by atoms with van der Waals surface area (Å²) in [5.41, 5.74) is 5.95. The lowest BCUT2D eigenvalue weighted by Gasteiger charge is -2.27. The van der Waals surface area contributed by atoms with Crippen LogP contribution in [0.4, 0.5) is 0 Å². The van der Waals surface area contributed by atoms with Crippen molar-refractivity contribution < 1.29 is 4.74 Å². The van der Waals surface area contributed by atoms with Crippen molar-refractivity contribution in [2.75, 3.05) is 20.2 Å². The van der Waals surface area contributed by atoms with Crippen molar-refractivity contribution in [1.29, 1.82) is 0 Å². The predicted molar refractivity (Wildman–Crippen MR) is 73.9 cm³/mol. The number of hydrogen-bond donors (Lipinski definition) is 1. The maximum absolute atomic E-state index is 5.84. The van der Waals surface area contributed by atoms with Crippen LogP contribution >= 0.6 is 11.3 Å². The van der Waals surface area contributed by atoms with E-state index in [0.29, 0.717) is 0 Å². The lowest BCUT2D eigenvalue weighted by molar-refractivity contribution is 0.0440. The largest absolute Gasteiger partial charge is 0.372 e. The van der Waals surface area contributed by atoms with E-state index >= 15 is 0 Å². The van der Waals surface area contributed by atoms with E-state index in [1.807, 2.05) is 18.8 Å². The summed E-state index contributed by atoms with van der Waals surface area (Å²) in [5, 5.41) is 3.20. The van der Waals surface area contributed by atoms with Gasteiger partial charge in [-0.25, -0.2) is 0 Å². The number of nitrogens with one attached hydrogen (secondary N) is 1. The number of thiazole rings is 1. The van der Waals surface area contributed by atoms with Crippen LogP contribution in [-0.4, -0.2) is 25.2 Å². The molecule has 18 heavy (non-hydrogen) atoms. The Balaban J connectivity index is 2.06. The summed E-state index contributed by atoms with van der Waals surface area (Å²) in [6, 6.07) is 6.49. The average Bonchev–Trinajstić information content (AvgIpc) is 2.93. The summed E-state index contributed by atoms with van der Waals surface area (Å²) < 4.78 is 5.84. The topological polar surface area (TPSA) is 34.1 Å². The van der Waals surface area contributed by atoms with E-state index in [9.17, 15) is 0 Å². The summed E-state index contributed by atoms with van der Waals surface area (Å²) in [7, 11) is 1.96. The molecule has 0 spiro atoms. The van der Waals surface area contributed by atoms with Gasteiger partial charge >= 0.3 is 0 Å². The number of likely N-dealkylation sites (N-methyl/N-ethyl adjacent to an activating group) is 1. The fourth-order valence-corrected chi connectivity index (χ4v) is 3.19. The second-order valence-electron chi connectivity index (χ2n) is 4.41. The SMILES string of the molecule is CNC[C@H]1OCCc2c(-c3cncs3)cccc21. The van der Waals surface area contributed by atoms with Crippen molar-refractivity contribution >= 4 is 11.3 Å². The minimum Gasteiger partial charge on any atom is -0.372 e. The predicted octanol–water partition coefficient (Wildman–Crippen LogP) is 2.64. The van der Waals surface area contributed by atoms with Gasteiger partial charge in [0.05, 0.1) is 23.1 Å². The fraction of sp³-hybridized carbons (Fsp3) is 0.357. The summed E-state index contributed by atoms with van der Waals surface area (Å²) in [4.78, 5) is 5.42. The molecule has 94 valence electrons. The molecule has 1 aromatic carbocycles. The number of hydrogen-bond acceptors (Lipinski definition) is 4. The minimum absolute atomic E-state index is 0.173. The zero-order valence-corrected chi connectivity index (χ0v) is 11.2. The monoisotopic (exact) mass is 260 g/mol. The maximum Gasteiger partial charge on any atom is 0.0952 e. The molecule has 0 saturated carbocycles. The number of rotatable bonds is 3. The number of aromatic nitrogens is 1. The number of benzene rings is 1. The molecule has 4 heteroatoms. The molecule has 0 saturated heterocycles. The average molecular weight is 260 g/mol. The Morgan fingerprint density at radius 1 is 1.50 bits per heavy atom. The van der Waals surface area contributed by atoms with Crippen LogP contribution in [0.2, 0.25) is 0 Å². The number of fused-ring (bicyclic) bond motifs is 1. The minimum atomic E-state index is 0.173. The van der Waals surface area contributed by atoms with E-state index in [2.05, 4.69) is 28.5 Å². The van der Waals surface area contributed by atoms with E-state index in [4.69, 9.17) is 4.74 Å². The molecule has 1 aliphatic heterocycles. The molecule has 1 atom stereocenters. The molecular formula is C14H16N2OS. The fourth-order valence-electron chi connectivity index (χ4n) is 2.51. The van der Waals surface area contributed by atoms with Crippen molar-refractivity contribution in [2.24, 2.45) is 0 Å². The smallest absolute Gasteiger partial charge is 0.0952 e. The Morgan fingerprint density at radius 2 is 2.44 bits per heavy atom. The van der Waals surface area contributed by atoms with Gasteiger partial charge in [-0.05, 0) is 30.2 Å². The van der Waals surface area contributed by atoms with Crippen molar-refractivity contribution in [3.05, 3.63) is 41.0 Å².